The van der Waals surface area contributed by atoms with Crippen molar-refractivity contribution in [3.63, 3.8) is 0 Å². The predicted octanol–water partition coefficient (Wildman–Crippen LogP) is 3.49. The van der Waals surface area contributed by atoms with Gasteiger partial charge in [-0.05, 0) is 36.8 Å². The van der Waals surface area contributed by atoms with Crippen molar-refractivity contribution in [2.24, 2.45) is 0 Å². The second-order valence-electron chi connectivity index (χ2n) is 6.30. The van der Waals surface area contributed by atoms with Crippen LogP contribution in [0.4, 0.5) is 5.95 Å². The van der Waals surface area contributed by atoms with Gasteiger partial charge in [-0.15, -0.1) is 0 Å². The second kappa shape index (κ2) is 6.92. The topological polar surface area (TPSA) is 85.8 Å². The summed E-state index contributed by atoms with van der Waals surface area (Å²) in [4.78, 5) is 21.1. The first-order chi connectivity index (χ1) is 13.1. The SMILES string of the molecule is CC(NC(=O)c1cccc2c1ccn2-c1ccnc(N)n1)c1ccccc1. The molecule has 0 aliphatic carbocycles. The number of nitrogens with two attached hydrogens (primary N) is 1. The van der Waals surface area contributed by atoms with E-state index in [2.05, 4.69) is 15.3 Å². The molecule has 2 aromatic carbocycles. The third-order valence-electron chi connectivity index (χ3n) is 4.53. The molecule has 4 rings (SSSR count). The molecule has 27 heavy (non-hydrogen) atoms. The molecule has 0 saturated heterocycles. The Hall–Kier alpha value is -3.67. The van der Waals surface area contributed by atoms with Crippen LogP contribution in [-0.2, 0) is 0 Å². The largest absolute Gasteiger partial charge is 0.368 e. The molecule has 1 unspecified atom stereocenters. The molecular weight excluding hydrogens is 338 g/mol. The van der Waals surface area contributed by atoms with Crippen molar-refractivity contribution in [1.29, 1.82) is 0 Å². The molecule has 1 amide bonds. The molecule has 0 radical (unpaired) electrons. The molecule has 0 fully saturated rings. The third-order valence-corrected chi connectivity index (χ3v) is 4.53. The number of nitrogen functional groups attached to an aromatic ring is 1. The van der Waals surface area contributed by atoms with E-state index in [0.717, 1.165) is 16.5 Å². The van der Waals surface area contributed by atoms with Crippen molar-refractivity contribution in [2.75, 3.05) is 5.73 Å². The average molecular weight is 357 g/mol. The minimum atomic E-state index is -0.114. The van der Waals surface area contributed by atoms with Crippen LogP contribution in [0.15, 0.2) is 73.1 Å². The molecule has 6 heteroatoms. The summed E-state index contributed by atoms with van der Waals surface area (Å²) in [5, 5.41) is 3.92. The monoisotopic (exact) mass is 357 g/mol. The van der Waals surface area contributed by atoms with Gasteiger partial charge in [0.2, 0.25) is 5.95 Å². The van der Waals surface area contributed by atoms with E-state index in [1.165, 1.54) is 0 Å². The lowest BCUT2D eigenvalue weighted by molar-refractivity contribution is 0.0941. The number of hydrogen-bond acceptors (Lipinski definition) is 4. The maximum absolute atomic E-state index is 12.9. The van der Waals surface area contributed by atoms with Gasteiger partial charge in [0.15, 0.2) is 0 Å². The number of aromatic nitrogens is 3. The van der Waals surface area contributed by atoms with Gasteiger partial charge in [-0.3, -0.25) is 4.79 Å². The normalized spacial score (nSPS) is 12.0. The van der Waals surface area contributed by atoms with Crippen LogP contribution < -0.4 is 11.1 Å². The standard InChI is InChI=1S/C21H19N5O/c1-14(15-6-3-2-4-7-15)24-20(27)17-8-5-9-18-16(17)11-13-26(18)19-10-12-23-21(22)25-19/h2-14H,1H3,(H,24,27)(H2,22,23,25). The van der Waals surface area contributed by atoms with Crippen LogP contribution in [0.25, 0.3) is 16.7 Å². The van der Waals surface area contributed by atoms with Crippen molar-refractivity contribution in [1.82, 2.24) is 19.9 Å². The highest BCUT2D eigenvalue weighted by molar-refractivity contribution is 6.07. The van der Waals surface area contributed by atoms with Crippen molar-refractivity contribution < 1.29 is 4.79 Å². The summed E-state index contributed by atoms with van der Waals surface area (Å²) in [6, 6.07) is 19.1. The number of hydrogen-bond donors (Lipinski definition) is 2. The fourth-order valence-electron chi connectivity index (χ4n) is 3.16. The van der Waals surface area contributed by atoms with Crippen LogP contribution in [-0.4, -0.2) is 20.4 Å². The molecule has 3 N–H and O–H groups in total. The zero-order valence-electron chi connectivity index (χ0n) is 14.8. The summed E-state index contributed by atoms with van der Waals surface area (Å²) in [5.41, 5.74) is 8.26. The Labute approximate surface area is 156 Å². The number of amides is 1. The maximum atomic E-state index is 12.9. The first-order valence-electron chi connectivity index (χ1n) is 8.68. The molecule has 134 valence electrons. The number of rotatable bonds is 4. The van der Waals surface area contributed by atoms with Gasteiger partial charge >= 0.3 is 0 Å². The lowest BCUT2D eigenvalue weighted by Gasteiger charge is -2.15. The molecule has 0 aliphatic heterocycles. The third kappa shape index (κ3) is 3.25. The number of fused-ring (bicyclic) bond motifs is 1. The molecule has 0 spiro atoms. The van der Waals surface area contributed by atoms with Crippen molar-refractivity contribution in [2.45, 2.75) is 13.0 Å². The van der Waals surface area contributed by atoms with Crippen LogP contribution in [0, 0.1) is 0 Å². The Balaban J connectivity index is 1.68. The van der Waals surface area contributed by atoms with Crippen molar-refractivity contribution in [3.05, 3.63) is 84.2 Å². The van der Waals surface area contributed by atoms with Gasteiger partial charge in [0.25, 0.3) is 5.91 Å². The van der Waals surface area contributed by atoms with Gasteiger partial charge in [-0.1, -0.05) is 36.4 Å². The van der Waals surface area contributed by atoms with Gasteiger partial charge < -0.3 is 15.6 Å². The van der Waals surface area contributed by atoms with Crippen LogP contribution in [0.1, 0.15) is 28.9 Å². The van der Waals surface area contributed by atoms with E-state index in [0.29, 0.717) is 11.4 Å². The summed E-state index contributed by atoms with van der Waals surface area (Å²) in [5.74, 6) is 0.754. The first-order valence-corrected chi connectivity index (χ1v) is 8.68. The Morgan fingerprint density at radius 3 is 2.67 bits per heavy atom. The summed E-state index contributed by atoms with van der Waals surface area (Å²) < 4.78 is 1.89. The van der Waals surface area contributed by atoms with E-state index in [1.54, 1.807) is 12.3 Å². The lowest BCUT2D eigenvalue weighted by atomic mass is 10.1. The van der Waals surface area contributed by atoms with Crippen LogP contribution >= 0.6 is 0 Å². The van der Waals surface area contributed by atoms with E-state index in [-0.39, 0.29) is 17.9 Å². The highest BCUT2D eigenvalue weighted by atomic mass is 16.1. The van der Waals surface area contributed by atoms with Gasteiger partial charge in [-0.2, -0.15) is 4.98 Å². The van der Waals surface area contributed by atoms with Crippen molar-refractivity contribution >= 4 is 22.8 Å². The van der Waals surface area contributed by atoms with E-state index in [1.807, 2.05) is 72.3 Å². The number of nitrogens with zero attached hydrogens (tertiary/aromatic N) is 3. The second-order valence-corrected chi connectivity index (χ2v) is 6.30. The Bertz CT molecular complexity index is 1100. The highest BCUT2D eigenvalue weighted by Gasteiger charge is 2.16. The number of carbonyl (C=O) groups is 1. The summed E-state index contributed by atoms with van der Waals surface area (Å²) >= 11 is 0. The zero-order chi connectivity index (χ0) is 18.8. The van der Waals surface area contributed by atoms with Gasteiger partial charge in [0, 0.05) is 23.3 Å². The number of benzene rings is 2. The van der Waals surface area contributed by atoms with Gasteiger partial charge in [0.1, 0.15) is 5.82 Å². The fraction of sp³-hybridized carbons (Fsp3) is 0.0952. The fourth-order valence-corrected chi connectivity index (χ4v) is 3.16. The Morgan fingerprint density at radius 1 is 1.07 bits per heavy atom. The van der Waals surface area contributed by atoms with Gasteiger partial charge in [0.05, 0.1) is 11.6 Å². The van der Waals surface area contributed by atoms with Crippen LogP contribution in [0.3, 0.4) is 0 Å². The molecule has 0 aliphatic rings. The maximum Gasteiger partial charge on any atom is 0.252 e. The summed E-state index contributed by atoms with van der Waals surface area (Å²) in [7, 11) is 0. The molecule has 4 aromatic rings. The summed E-state index contributed by atoms with van der Waals surface area (Å²) in [6.45, 7) is 1.97. The van der Waals surface area contributed by atoms with Crippen LogP contribution in [0.2, 0.25) is 0 Å². The lowest BCUT2D eigenvalue weighted by Crippen LogP contribution is -2.26. The number of nitrogens with one attached hydrogen (secondary N) is 1. The molecule has 0 bridgehead atoms. The number of carbonyl (C=O) groups excluding carboxylic acids is 1. The summed E-state index contributed by atoms with van der Waals surface area (Å²) in [6.07, 6.45) is 3.49. The van der Waals surface area contributed by atoms with E-state index >= 15 is 0 Å². The van der Waals surface area contributed by atoms with Gasteiger partial charge in [-0.25, -0.2) is 4.98 Å². The Morgan fingerprint density at radius 2 is 1.89 bits per heavy atom. The molecule has 0 saturated carbocycles. The minimum Gasteiger partial charge on any atom is -0.368 e. The van der Waals surface area contributed by atoms with Crippen molar-refractivity contribution in [3.8, 4) is 5.82 Å². The Kier molecular flexibility index (Phi) is 4.30. The molecule has 2 aromatic heterocycles. The number of anilines is 1. The zero-order valence-corrected chi connectivity index (χ0v) is 14.8. The molecule has 1 atom stereocenters. The smallest absolute Gasteiger partial charge is 0.252 e. The van der Waals surface area contributed by atoms with E-state index in [4.69, 9.17) is 5.73 Å². The predicted molar refractivity (Wildman–Crippen MR) is 106 cm³/mol. The first kappa shape index (κ1) is 16.8. The minimum absolute atomic E-state index is 0.0855. The molecule has 6 nitrogen and oxygen atoms in total. The van der Waals surface area contributed by atoms with E-state index in [9.17, 15) is 4.79 Å². The average Bonchev–Trinajstić information content (AvgIpc) is 3.12. The van der Waals surface area contributed by atoms with E-state index < -0.39 is 0 Å². The quantitative estimate of drug-likeness (QED) is 0.585. The molecule has 2 heterocycles. The molecular formula is C21H19N5O. The highest BCUT2D eigenvalue weighted by Crippen LogP contribution is 2.24. The van der Waals surface area contributed by atoms with Crippen LogP contribution in [0.5, 0.6) is 0 Å².